The lowest BCUT2D eigenvalue weighted by atomic mass is 10.2. The third kappa shape index (κ3) is 4.92. The first-order valence-electron chi connectivity index (χ1n) is 6.33. The van der Waals surface area contributed by atoms with Crippen LogP contribution < -0.4 is 0 Å². The maximum Gasteiger partial charge on any atom is 0.367 e. The van der Waals surface area contributed by atoms with Crippen molar-refractivity contribution in [2.24, 2.45) is 0 Å². The smallest absolute Gasteiger partial charge is 0.367 e. The second-order valence-electron chi connectivity index (χ2n) is 6.44. The van der Waals surface area contributed by atoms with Crippen molar-refractivity contribution >= 4 is 23.3 Å². The predicted molar refractivity (Wildman–Crippen MR) is 77.2 cm³/mol. The average molecular weight is 299 g/mol. The van der Waals surface area contributed by atoms with Crippen LogP contribution in [0.4, 0.5) is 0 Å². The lowest BCUT2D eigenvalue weighted by Crippen LogP contribution is -2.24. The monoisotopic (exact) mass is 299 g/mol. The van der Waals surface area contributed by atoms with Gasteiger partial charge in [-0.25, -0.2) is 14.6 Å². The van der Waals surface area contributed by atoms with Crippen LogP contribution in [0.1, 0.15) is 66.7 Å². The minimum absolute atomic E-state index is 0.165. The Morgan fingerprint density at radius 2 is 1.40 bits per heavy atom. The molecule has 0 atom stereocenters. The Labute approximate surface area is 123 Å². The number of ether oxygens (including phenoxy) is 2. The SMILES string of the molecule is Cc1nc(C(=O)OC(C)(C)C)sc1C(=O)OC(C)(C)C. The molecule has 0 saturated heterocycles. The normalized spacial score (nSPS) is 12.2. The fourth-order valence-corrected chi connectivity index (χ4v) is 2.14. The van der Waals surface area contributed by atoms with E-state index in [0.717, 1.165) is 11.3 Å². The third-order valence-electron chi connectivity index (χ3n) is 1.95. The molecule has 1 aromatic rings. The molecule has 0 unspecified atom stereocenters. The first-order chi connectivity index (χ1) is 8.89. The molecule has 0 saturated carbocycles. The third-order valence-corrected chi connectivity index (χ3v) is 3.07. The van der Waals surface area contributed by atoms with Crippen LogP contribution in [-0.4, -0.2) is 28.1 Å². The largest absolute Gasteiger partial charge is 0.456 e. The maximum absolute atomic E-state index is 12.0. The van der Waals surface area contributed by atoms with Gasteiger partial charge in [-0.2, -0.15) is 0 Å². The Morgan fingerprint density at radius 3 is 1.85 bits per heavy atom. The lowest BCUT2D eigenvalue weighted by molar-refractivity contribution is 0.00592. The number of aromatic nitrogens is 1. The van der Waals surface area contributed by atoms with Gasteiger partial charge in [0.25, 0.3) is 0 Å². The Bertz CT molecular complexity index is 520. The quantitative estimate of drug-likeness (QED) is 0.783. The first kappa shape index (κ1) is 16.6. The number of aryl methyl sites for hydroxylation is 1. The van der Waals surface area contributed by atoms with Crippen LogP contribution in [0.15, 0.2) is 0 Å². The van der Waals surface area contributed by atoms with Crippen molar-refractivity contribution in [1.82, 2.24) is 4.98 Å². The molecule has 0 bridgehead atoms. The number of hydrogen-bond donors (Lipinski definition) is 0. The zero-order valence-electron chi connectivity index (χ0n) is 13.0. The fourth-order valence-electron chi connectivity index (χ4n) is 1.32. The number of carbonyl (C=O) groups is 2. The Morgan fingerprint density at radius 1 is 0.950 bits per heavy atom. The van der Waals surface area contributed by atoms with Crippen LogP contribution in [0.25, 0.3) is 0 Å². The van der Waals surface area contributed by atoms with E-state index in [-0.39, 0.29) is 5.01 Å². The molecule has 6 heteroatoms. The van der Waals surface area contributed by atoms with Gasteiger partial charge in [0.15, 0.2) is 0 Å². The minimum atomic E-state index is -0.595. The predicted octanol–water partition coefficient (Wildman–Crippen LogP) is 3.36. The van der Waals surface area contributed by atoms with Crippen LogP contribution in [0.3, 0.4) is 0 Å². The summed E-state index contributed by atoms with van der Waals surface area (Å²) in [6.45, 7) is 12.4. The summed E-state index contributed by atoms with van der Waals surface area (Å²) in [7, 11) is 0. The van der Waals surface area contributed by atoms with Crippen LogP contribution in [0.2, 0.25) is 0 Å². The molecule has 0 fully saturated rings. The molecule has 0 spiro atoms. The molecule has 112 valence electrons. The summed E-state index contributed by atoms with van der Waals surface area (Å²) in [5.41, 5.74) is -0.701. The number of carbonyl (C=O) groups excluding carboxylic acids is 2. The van der Waals surface area contributed by atoms with E-state index in [0.29, 0.717) is 10.6 Å². The number of rotatable bonds is 2. The van der Waals surface area contributed by atoms with Gasteiger partial charge in [0.05, 0.1) is 5.69 Å². The molecule has 0 amide bonds. The van der Waals surface area contributed by atoms with E-state index in [2.05, 4.69) is 4.98 Å². The standard InChI is InChI=1S/C14H21NO4S/c1-8-9(11(16)18-13(2,3)4)20-10(15-8)12(17)19-14(5,6)7/h1-7H3. The summed E-state index contributed by atoms with van der Waals surface area (Å²) in [5, 5.41) is 0.165. The van der Waals surface area contributed by atoms with Crippen molar-refractivity contribution in [3.63, 3.8) is 0 Å². The minimum Gasteiger partial charge on any atom is -0.456 e. The highest BCUT2D eigenvalue weighted by atomic mass is 32.1. The van der Waals surface area contributed by atoms with E-state index in [1.54, 1.807) is 48.5 Å². The summed E-state index contributed by atoms with van der Waals surface area (Å²) < 4.78 is 10.5. The molecule has 1 rings (SSSR count). The van der Waals surface area contributed by atoms with Crippen LogP contribution >= 0.6 is 11.3 Å². The van der Waals surface area contributed by atoms with Gasteiger partial charge in [0.1, 0.15) is 16.1 Å². The summed E-state index contributed by atoms with van der Waals surface area (Å²) >= 11 is 0.997. The Hall–Kier alpha value is -1.43. The van der Waals surface area contributed by atoms with Crippen LogP contribution in [0, 0.1) is 6.92 Å². The molecule has 5 nitrogen and oxygen atoms in total. The van der Waals surface area contributed by atoms with E-state index in [1.807, 2.05) is 0 Å². The number of nitrogens with zero attached hydrogens (tertiary/aromatic N) is 1. The second-order valence-corrected chi connectivity index (χ2v) is 7.44. The zero-order chi connectivity index (χ0) is 15.7. The van der Waals surface area contributed by atoms with Gasteiger partial charge in [0, 0.05) is 0 Å². The second kappa shape index (κ2) is 5.52. The van der Waals surface area contributed by atoms with E-state index < -0.39 is 23.1 Å². The van der Waals surface area contributed by atoms with Gasteiger partial charge in [0.2, 0.25) is 5.01 Å². The molecular weight excluding hydrogens is 278 g/mol. The van der Waals surface area contributed by atoms with Gasteiger partial charge in [-0.15, -0.1) is 0 Å². The van der Waals surface area contributed by atoms with Gasteiger partial charge < -0.3 is 9.47 Å². The molecular formula is C14H21NO4S. The molecule has 0 N–H and O–H groups in total. The van der Waals surface area contributed by atoms with Gasteiger partial charge in [-0.3, -0.25) is 0 Å². The van der Waals surface area contributed by atoms with Crippen molar-refractivity contribution in [2.75, 3.05) is 0 Å². The Kier molecular flexibility index (Phi) is 4.59. The van der Waals surface area contributed by atoms with Gasteiger partial charge in [-0.1, -0.05) is 11.3 Å². The zero-order valence-corrected chi connectivity index (χ0v) is 13.8. The van der Waals surface area contributed by atoms with E-state index in [9.17, 15) is 9.59 Å². The van der Waals surface area contributed by atoms with E-state index in [4.69, 9.17) is 9.47 Å². The molecule has 0 radical (unpaired) electrons. The van der Waals surface area contributed by atoms with Crippen molar-refractivity contribution in [1.29, 1.82) is 0 Å². The maximum atomic E-state index is 12.0. The molecule has 1 aromatic heterocycles. The van der Waals surface area contributed by atoms with Crippen molar-refractivity contribution in [2.45, 2.75) is 59.7 Å². The van der Waals surface area contributed by atoms with Crippen LogP contribution in [-0.2, 0) is 9.47 Å². The van der Waals surface area contributed by atoms with Crippen molar-refractivity contribution in [3.8, 4) is 0 Å². The highest BCUT2D eigenvalue weighted by molar-refractivity contribution is 7.15. The molecule has 0 aliphatic carbocycles. The number of hydrogen-bond acceptors (Lipinski definition) is 6. The number of thiazole rings is 1. The van der Waals surface area contributed by atoms with Crippen LogP contribution in [0.5, 0.6) is 0 Å². The highest BCUT2D eigenvalue weighted by Gasteiger charge is 2.26. The average Bonchev–Trinajstić information content (AvgIpc) is 2.55. The van der Waals surface area contributed by atoms with Crippen molar-refractivity contribution in [3.05, 3.63) is 15.6 Å². The van der Waals surface area contributed by atoms with Gasteiger partial charge >= 0.3 is 11.9 Å². The summed E-state index contributed by atoms with van der Waals surface area (Å²) in [4.78, 5) is 28.3. The Balaban J connectivity index is 2.93. The lowest BCUT2D eigenvalue weighted by Gasteiger charge is -2.19. The summed E-state index contributed by atoms with van der Waals surface area (Å²) in [6, 6.07) is 0. The first-order valence-corrected chi connectivity index (χ1v) is 7.15. The molecule has 0 aromatic carbocycles. The van der Waals surface area contributed by atoms with E-state index in [1.165, 1.54) is 0 Å². The topological polar surface area (TPSA) is 65.5 Å². The molecule has 1 heterocycles. The number of esters is 2. The van der Waals surface area contributed by atoms with Crippen molar-refractivity contribution < 1.29 is 19.1 Å². The van der Waals surface area contributed by atoms with E-state index >= 15 is 0 Å². The molecule has 0 aliphatic rings. The highest BCUT2D eigenvalue weighted by Crippen LogP contribution is 2.23. The fraction of sp³-hybridized carbons (Fsp3) is 0.643. The summed E-state index contributed by atoms with van der Waals surface area (Å²) in [6.07, 6.45) is 0. The molecule has 20 heavy (non-hydrogen) atoms. The molecule has 0 aliphatic heterocycles. The summed E-state index contributed by atoms with van der Waals surface area (Å²) in [5.74, 6) is -0.997. The van der Waals surface area contributed by atoms with Gasteiger partial charge in [-0.05, 0) is 48.5 Å².